The Morgan fingerprint density at radius 2 is 2.00 bits per heavy atom. The quantitative estimate of drug-likeness (QED) is 0.353. The first-order valence-corrected chi connectivity index (χ1v) is 12.9. The predicted molar refractivity (Wildman–Crippen MR) is 128 cm³/mol. The van der Waals surface area contributed by atoms with Gasteiger partial charge in [-0.05, 0) is 63.6 Å². The van der Waals surface area contributed by atoms with Gasteiger partial charge in [0.1, 0.15) is 11.6 Å². The minimum Gasteiger partial charge on any atom is -0.357 e. The Morgan fingerprint density at radius 1 is 1.13 bits per heavy atom. The molecule has 1 saturated heterocycles. The fraction of sp³-hybridized carbons (Fsp3) is 0.696. The monoisotopic (exact) mass is 443 g/mol. The average Bonchev–Trinajstić information content (AvgIpc) is 3.53. The molecule has 0 radical (unpaired) electrons. The Kier molecular flexibility index (Phi) is 8.35. The third-order valence-corrected chi connectivity index (χ3v) is 7.25. The van der Waals surface area contributed by atoms with Crippen molar-refractivity contribution in [3.8, 4) is 0 Å². The van der Waals surface area contributed by atoms with Crippen LogP contribution >= 0.6 is 11.3 Å². The summed E-state index contributed by atoms with van der Waals surface area (Å²) in [6, 6.07) is 4.80. The summed E-state index contributed by atoms with van der Waals surface area (Å²) in [4.78, 5) is 8.98. The minimum absolute atomic E-state index is 0.393. The zero-order valence-electron chi connectivity index (χ0n) is 18.9. The Labute approximate surface area is 190 Å². The second-order valence-corrected chi connectivity index (χ2v) is 9.50. The lowest BCUT2D eigenvalue weighted by atomic mass is 10.2. The summed E-state index contributed by atoms with van der Waals surface area (Å²) in [6.07, 6.45) is 9.46. The van der Waals surface area contributed by atoms with Crippen LogP contribution in [0.3, 0.4) is 0 Å². The number of aliphatic imine (C=N–C) groups is 1. The first-order chi connectivity index (χ1) is 15.3. The van der Waals surface area contributed by atoms with Crippen molar-refractivity contribution in [1.29, 1.82) is 0 Å². The first-order valence-electron chi connectivity index (χ1n) is 12.1. The van der Waals surface area contributed by atoms with Gasteiger partial charge in [0.05, 0.1) is 12.6 Å². The van der Waals surface area contributed by atoms with E-state index in [1.165, 1.54) is 55.9 Å². The highest BCUT2D eigenvalue weighted by molar-refractivity contribution is 7.10. The highest BCUT2D eigenvalue weighted by Crippen LogP contribution is 2.28. The van der Waals surface area contributed by atoms with Crippen molar-refractivity contribution in [2.24, 2.45) is 4.99 Å². The van der Waals surface area contributed by atoms with Crippen molar-refractivity contribution in [3.05, 3.63) is 34.0 Å². The molecule has 2 aromatic heterocycles. The molecule has 0 amide bonds. The van der Waals surface area contributed by atoms with E-state index in [1.807, 2.05) is 11.3 Å². The number of hydrogen-bond donors (Lipinski definition) is 2. The van der Waals surface area contributed by atoms with E-state index in [2.05, 4.69) is 54.7 Å². The van der Waals surface area contributed by atoms with Crippen molar-refractivity contribution in [2.45, 2.75) is 70.9 Å². The minimum atomic E-state index is 0.393. The molecule has 0 spiro atoms. The highest BCUT2D eigenvalue weighted by Gasteiger charge is 2.24. The molecule has 4 rings (SSSR count). The van der Waals surface area contributed by atoms with Crippen molar-refractivity contribution in [2.75, 3.05) is 32.7 Å². The smallest absolute Gasteiger partial charge is 0.191 e. The summed E-state index contributed by atoms with van der Waals surface area (Å²) in [5.74, 6) is 3.24. The topological polar surface area (TPSA) is 70.4 Å². The number of nitrogens with zero attached hydrogens (tertiary/aromatic N) is 5. The van der Waals surface area contributed by atoms with Gasteiger partial charge in [-0.3, -0.25) is 9.89 Å². The number of thiophene rings is 1. The summed E-state index contributed by atoms with van der Waals surface area (Å²) < 4.78 is 2.36. The highest BCUT2D eigenvalue weighted by atomic mass is 32.1. The van der Waals surface area contributed by atoms with Crippen LogP contribution in [-0.2, 0) is 19.4 Å². The number of likely N-dealkylation sites (tertiary alicyclic amines) is 1. The maximum absolute atomic E-state index is 4.96. The zero-order chi connectivity index (χ0) is 21.3. The molecule has 2 aliphatic rings. The van der Waals surface area contributed by atoms with Crippen LogP contribution in [0.15, 0.2) is 22.5 Å². The Balaban J connectivity index is 1.30. The summed E-state index contributed by atoms with van der Waals surface area (Å²) in [5, 5.41) is 18.0. The molecule has 4 heterocycles. The van der Waals surface area contributed by atoms with Gasteiger partial charge >= 0.3 is 0 Å². The SMILES string of the molecule is CCNC(=NCC(c1cccs1)N1CCCC1)NCCCc1nnc2n1CCCCC2. The molecule has 0 aromatic carbocycles. The summed E-state index contributed by atoms with van der Waals surface area (Å²) in [5.41, 5.74) is 0. The Bertz CT molecular complexity index is 808. The van der Waals surface area contributed by atoms with Gasteiger partial charge in [0, 0.05) is 37.4 Å². The fourth-order valence-electron chi connectivity index (χ4n) is 4.62. The van der Waals surface area contributed by atoms with Crippen LogP contribution in [-0.4, -0.2) is 58.3 Å². The number of fused-ring (bicyclic) bond motifs is 1. The molecule has 0 bridgehead atoms. The molecule has 0 saturated carbocycles. The molecule has 1 unspecified atom stereocenters. The molecule has 1 fully saturated rings. The van der Waals surface area contributed by atoms with Crippen molar-refractivity contribution in [3.63, 3.8) is 0 Å². The van der Waals surface area contributed by atoms with Crippen LogP contribution in [0, 0.1) is 0 Å². The third-order valence-electron chi connectivity index (χ3n) is 6.28. The fourth-order valence-corrected chi connectivity index (χ4v) is 5.47. The Hall–Kier alpha value is -1.93. The molecular weight excluding hydrogens is 406 g/mol. The van der Waals surface area contributed by atoms with E-state index in [1.54, 1.807) is 0 Å². The lowest BCUT2D eigenvalue weighted by Gasteiger charge is -2.25. The largest absolute Gasteiger partial charge is 0.357 e. The lowest BCUT2D eigenvalue weighted by Crippen LogP contribution is -2.39. The molecule has 1 atom stereocenters. The zero-order valence-corrected chi connectivity index (χ0v) is 19.7. The maximum atomic E-state index is 4.96. The van der Waals surface area contributed by atoms with Crippen molar-refractivity contribution >= 4 is 17.3 Å². The van der Waals surface area contributed by atoms with Crippen LogP contribution in [0.1, 0.15) is 68.0 Å². The maximum Gasteiger partial charge on any atom is 0.191 e. The standard InChI is InChI=1S/C23H37N7S/c1-2-24-23(26-18-19(20-10-9-17-31-20)29-14-6-7-15-29)25-13-8-12-22-28-27-21-11-4-3-5-16-30(21)22/h9-10,17,19H,2-8,11-16,18H2,1H3,(H2,24,25,26). The van der Waals surface area contributed by atoms with E-state index in [0.717, 1.165) is 57.2 Å². The number of aryl methyl sites for hydroxylation is 2. The molecule has 0 aliphatic carbocycles. The van der Waals surface area contributed by atoms with Crippen LogP contribution < -0.4 is 10.6 Å². The number of nitrogens with one attached hydrogen (secondary N) is 2. The molecular formula is C23H37N7S. The van der Waals surface area contributed by atoms with Crippen LogP contribution in [0.25, 0.3) is 0 Å². The van der Waals surface area contributed by atoms with E-state index >= 15 is 0 Å². The molecule has 2 N–H and O–H groups in total. The third kappa shape index (κ3) is 6.07. The van der Waals surface area contributed by atoms with Crippen LogP contribution in [0.4, 0.5) is 0 Å². The molecule has 170 valence electrons. The van der Waals surface area contributed by atoms with E-state index < -0.39 is 0 Å². The second kappa shape index (κ2) is 11.6. The molecule has 2 aromatic rings. The first kappa shape index (κ1) is 22.3. The normalized spacial score (nSPS) is 18.5. The summed E-state index contributed by atoms with van der Waals surface area (Å²) in [7, 11) is 0. The number of rotatable bonds is 9. The van der Waals surface area contributed by atoms with Crippen LogP contribution in [0.2, 0.25) is 0 Å². The van der Waals surface area contributed by atoms with Gasteiger partial charge in [0.25, 0.3) is 0 Å². The van der Waals surface area contributed by atoms with Gasteiger partial charge in [-0.25, -0.2) is 0 Å². The van der Waals surface area contributed by atoms with Gasteiger partial charge in [0.15, 0.2) is 5.96 Å². The summed E-state index contributed by atoms with van der Waals surface area (Å²) >= 11 is 1.85. The van der Waals surface area contributed by atoms with Gasteiger partial charge < -0.3 is 15.2 Å². The average molecular weight is 444 g/mol. The van der Waals surface area contributed by atoms with Crippen molar-refractivity contribution < 1.29 is 0 Å². The van der Waals surface area contributed by atoms with E-state index in [0.29, 0.717) is 6.04 Å². The number of aromatic nitrogens is 3. The van der Waals surface area contributed by atoms with E-state index in [4.69, 9.17) is 4.99 Å². The van der Waals surface area contributed by atoms with Gasteiger partial charge in [-0.15, -0.1) is 21.5 Å². The second-order valence-electron chi connectivity index (χ2n) is 8.52. The number of hydrogen-bond acceptors (Lipinski definition) is 5. The molecule has 7 nitrogen and oxygen atoms in total. The Morgan fingerprint density at radius 3 is 2.81 bits per heavy atom. The van der Waals surface area contributed by atoms with Crippen LogP contribution in [0.5, 0.6) is 0 Å². The van der Waals surface area contributed by atoms with E-state index in [9.17, 15) is 0 Å². The summed E-state index contributed by atoms with van der Waals surface area (Å²) in [6.45, 7) is 8.14. The van der Waals surface area contributed by atoms with Gasteiger partial charge in [0.2, 0.25) is 0 Å². The lowest BCUT2D eigenvalue weighted by molar-refractivity contribution is 0.255. The van der Waals surface area contributed by atoms with Gasteiger partial charge in [-0.1, -0.05) is 12.5 Å². The number of guanidine groups is 1. The van der Waals surface area contributed by atoms with Gasteiger partial charge in [-0.2, -0.15) is 0 Å². The predicted octanol–water partition coefficient (Wildman–Crippen LogP) is 3.39. The molecule has 8 heteroatoms. The van der Waals surface area contributed by atoms with E-state index in [-0.39, 0.29) is 0 Å². The molecule has 31 heavy (non-hydrogen) atoms. The van der Waals surface area contributed by atoms with Crippen molar-refractivity contribution in [1.82, 2.24) is 30.3 Å². The molecule has 2 aliphatic heterocycles.